The third-order valence-corrected chi connectivity index (χ3v) is 4.31. The fourth-order valence-electron chi connectivity index (χ4n) is 2.66. The van der Waals surface area contributed by atoms with Gasteiger partial charge in [-0.15, -0.1) is 0 Å². The molecular weight excluding hydrogens is 395 g/mol. The number of hydrogen-bond acceptors (Lipinski definition) is 4. The molecule has 0 spiro atoms. The average Bonchev–Trinajstić information content (AvgIpc) is 3.01. The van der Waals surface area contributed by atoms with E-state index in [9.17, 15) is 19.8 Å². The number of aromatic nitrogens is 1. The number of carbonyl (C=O) groups is 2. The second-order valence-corrected chi connectivity index (χ2v) is 7.38. The summed E-state index contributed by atoms with van der Waals surface area (Å²) in [4.78, 5) is 28.3. The number of oxazole rings is 1. The third kappa shape index (κ3) is 5.87. The zero-order chi connectivity index (χ0) is 20.1. The Morgan fingerprint density at radius 2 is 1.81 bits per heavy atom. The molecule has 2 rings (SSSR count). The van der Waals surface area contributed by atoms with Gasteiger partial charge in [-0.2, -0.15) is 0 Å². The molecule has 1 atom stereocenters. The Labute approximate surface area is 166 Å². The lowest BCUT2D eigenvalue weighted by molar-refractivity contribution is -0.143. The number of carboxylic acids is 1. The zero-order valence-corrected chi connectivity index (χ0v) is 16.4. The number of benzene rings is 1. The molecule has 9 heteroatoms. The number of amides is 1. The summed E-state index contributed by atoms with van der Waals surface area (Å²) < 4.78 is 5.42. The summed E-state index contributed by atoms with van der Waals surface area (Å²) in [6.45, 7) is 3.67. The minimum Gasteiger partial charge on any atom is -0.480 e. The molecule has 0 aliphatic heterocycles. The van der Waals surface area contributed by atoms with Crippen LogP contribution in [0.15, 0.2) is 28.9 Å². The first kappa shape index (κ1) is 21.1. The van der Waals surface area contributed by atoms with E-state index in [1.807, 2.05) is 13.8 Å². The maximum Gasteiger partial charge on any atom is 0.408 e. The van der Waals surface area contributed by atoms with Gasteiger partial charge in [-0.05, 0) is 30.5 Å². The highest BCUT2D eigenvalue weighted by Gasteiger charge is 2.30. The predicted molar refractivity (Wildman–Crippen MR) is 101 cm³/mol. The Morgan fingerprint density at radius 3 is 2.33 bits per heavy atom. The summed E-state index contributed by atoms with van der Waals surface area (Å²) in [5, 5.41) is 19.7. The van der Waals surface area contributed by atoms with E-state index in [4.69, 9.17) is 27.6 Å². The second-order valence-electron chi connectivity index (χ2n) is 6.51. The molecule has 0 bridgehead atoms. The highest BCUT2D eigenvalue weighted by atomic mass is 35.5. The molecule has 7 nitrogen and oxygen atoms in total. The Hall–Kier alpha value is -2.25. The quantitative estimate of drug-likeness (QED) is 0.649. The molecule has 0 aliphatic rings. The Balaban J connectivity index is 2.13. The minimum atomic E-state index is -1.28. The van der Waals surface area contributed by atoms with Gasteiger partial charge in [-0.1, -0.05) is 37.0 Å². The van der Waals surface area contributed by atoms with Crippen molar-refractivity contribution >= 4 is 35.3 Å². The van der Waals surface area contributed by atoms with Gasteiger partial charge < -0.3 is 14.6 Å². The van der Waals surface area contributed by atoms with Gasteiger partial charge in [0, 0.05) is 28.6 Å². The van der Waals surface area contributed by atoms with Crippen LogP contribution in [0, 0.1) is 5.92 Å². The van der Waals surface area contributed by atoms with Gasteiger partial charge in [-0.3, -0.25) is 4.90 Å². The Morgan fingerprint density at radius 1 is 1.19 bits per heavy atom. The van der Waals surface area contributed by atoms with Crippen LogP contribution in [0.1, 0.15) is 26.0 Å². The molecule has 146 valence electrons. The van der Waals surface area contributed by atoms with E-state index in [0.717, 1.165) is 4.90 Å². The number of hydrogen-bond donors (Lipinski definition) is 2. The van der Waals surface area contributed by atoms with Crippen LogP contribution in [0.4, 0.5) is 4.79 Å². The molecular formula is C18H20Cl2N2O5. The van der Waals surface area contributed by atoms with Crippen LogP contribution in [-0.4, -0.2) is 44.7 Å². The molecule has 0 aliphatic carbocycles. The van der Waals surface area contributed by atoms with Gasteiger partial charge in [-0.25, -0.2) is 14.6 Å². The summed E-state index contributed by atoms with van der Waals surface area (Å²) in [5.74, 6) is -0.826. The SMILES string of the molecule is CC(C)CC(C(=O)O)N(CCc1coc(-c2cc(Cl)cc(Cl)c2)n1)C(=O)O. The average molecular weight is 415 g/mol. The van der Waals surface area contributed by atoms with Crippen molar-refractivity contribution in [1.29, 1.82) is 0 Å². The number of halogens is 2. The largest absolute Gasteiger partial charge is 0.480 e. The third-order valence-electron chi connectivity index (χ3n) is 3.87. The first-order valence-corrected chi connectivity index (χ1v) is 9.06. The first-order valence-electron chi connectivity index (χ1n) is 8.30. The van der Waals surface area contributed by atoms with E-state index in [1.54, 1.807) is 18.2 Å². The lowest BCUT2D eigenvalue weighted by atomic mass is 10.0. The topological polar surface area (TPSA) is 104 Å². The highest BCUT2D eigenvalue weighted by molar-refractivity contribution is 6.35. The Kier molecular flexibility index (Phi) is 7.10. The van der Waals surface area contributed by atoms with Gasteiger partial charge in [0.1, 0.15) is 12.3 Å². The number of rotatable bonds is 8. The van der Waals surface area contributed by atoms with Gasteiger partial charge in [0.05, 0.1) is 5.69 Å². The maximum absolute atomic E-state index is 11.5. The van der Waals surface area contributed by atoms with Crippen LogP contribution in [0.3, 0.4) is 0 Å². The van der Waals surface area contributed by atoms with Gasteiger partial charge in [0.25, 0.3) is 0 Å². The molecule has 27 heavy (non-hydrogen) atoms. The Bertz CT molecular complexity index is 802. The van der Waals surface area contributed by atoms with Crippen molar-refractivity contribution in [2.75, 3.05) is 6.54 Å². The van der Waals surface area contributed by atoms with Crippen LogP contribution in [0.2, 0.25) is 10.0 Å². The molecule has 2 aromatic rings. The van der Waals surface area contributed by atoms with Crippen molar-refractivity contribution in [3.63, 3.8) is 0 Å². The van der Waals surface area contributed by atoms with Crippen molar-refractivity contribution in [1.82, 2.24) is 9.88 Å². The van der Waals surface area contributed by atoms with Gasteiger partial charge in [0.15, 0.2) is 0 Å². The molecule has 0 saturated heterocycles. The molecule has 0 radical (unpaired) electrons. The fourth-order valence-corrected chi connectivity index (χ4v) is 3.19. The van der Waals surface area contributed by atoms with E-state index in [2.05, 4.69) is 4.98 Å². The molecule has 1 aromatic heterocycles. The summed E-state index contributed by atoms with van der Waals surface area (Å²) >= 11 is 11.9. The second kappa shape index (κ2) is 9.10. The van der Waals surface area contributed by atoms with Gasteiger partial charge in [0.2, 0.25) is 5.89 Å². The van der Waals surface area contributed by atoms with Crippen LogP contribution in [-0.2, 0) is 11.2 Å². The molecule has 1 unspecified atom stereocenters. The summed E-state index contributed by atoms with van der Waals surface area (Å²) in [7, 11) is 0. The summed E-state index contributed by atoms with van der Waals surface area (Å²) in [6.07, 6.45) is 0.564. The number of nitrogens with zero attached hydrogens (tertiary/aromatic N) is 2. The first-order chi connectivity index (χ1) is 12.7. The molecule has 0 saturated carbocycles. The maximum atomic E-state index is 11.5. The highest BCUT2D eigenvalue weighted by Crippen LogP contribution is 2.27. The van der Waals surface area contributed by atoms with E-state index in [1.165, 1.54) is 6.26 Å². The predicted octanol–water partition coefficient (Wildman–Crippen LogP) is 4.67. The van der Waals surface area contributed by atoms with Crippen molar-refractivity contribution in [2.24, 2.45) is 5.92 Å². The van der Waals surface area contributed by atoms with E-state index >= 15 is 0 Å². The standard InChI is InChI=1S/C18H20Cl2N2O5/c1-10(2)5-15(17(23)24)22(18(25)26)4-3-14-9-27-16(21-14)11-6-12(19)8-13(20)7-11/h6-10,15H,3-5H2,1-2H3,(H,23,24)(H,25,26). The van der Waals surface area contributed by atoms with Crippen LogP contribution < -0.4 is 0 Å². The molecule has 0 fully saturated rings. The normalized spacial score (nSPS) is 12.2. The van der Waals surface area contributed by atoms with Crippen molar-refractivity contribution in [3.8, 4) is 11.5 Å². The fraction of sp³-hybridized carbons (Fsp3) is 0.389. The monoisotopic (exact) mass is 414 g/mol. The lowest BCUT2D eigenvalue weighted by Gasteiger charge is -2.27. The minimum absolute atomic E-state index is 0.0126. The van der Waals surface area contributed by atoms with E-state index < -0.39 is 18.1 Å². The molecule has 1 amide bonds. The van der Waals surface area contributed by atoms with Crippen molar-refractivity contribution in [3.05, 3.63) is 40.2 Å². The van der Waals surface area contributed by atoms with Crippen LogP contribution in [0.25, 0.3) is 11.5 Å². The lowest BCUT2D eigenvalue weighted by Crippen LogP contribution is -2.46. The van der Waals surface area contributed by atoms with Crippen LogP contribution >= 0.6 is 23.2 Å². The van der Waals surface area contributed by atoms with E-state index in [-0.39, 0.29) is 25.3 Å². The van der Waals surface area contributed by atoms with E-state index in [0.29, 0.717) is 27.2 Å². The van der Waals surface area contributed by atoms with Gasteiger partial charge >= 0.3 is 12.1 Å². The van der Waals surface area contributed by atoms with Crippen molar-refractivity contribution in [2.45, 2.75) is 32.7 Å². The number of carboxylic acid groups (broad SMARTS) is 2. The smallest absolute Gasteiger partial charge is 0.408 e. The molecule has 2 N–H and O–H groups in total. The zero-order valence-electron chi connectivity index (χ0n) is 14.9. The van der Waals surface area contributed by atoms with Crippen LogP contribution in [0.5, 0.6) is 0 Å². The van der Waals surface area contributed by atoms with Crippen molar-refractivity contribution < 1.29 is 24.2 Å². The summed E-state index contributed by atoms with van der Waals surface area (Å²) in [5.41, 5.74) is 1.10. The molecule has 1 heterocycles. The summed E-state index contributed by atoms with van der Waals surface area (Å²) in [6, 6.07) is 3.77. The number of aliphatic carboxylic acids is 1. The molecule has 1 aromatic carbocycles.